The second kappa shape index (κ2) is 12.3. The number of hydrogen-bond donors (Lipinski definition) is 4. The normalized spacial score (nSPS) is 17.9. The zero-order valence-corrected chi connectivity index (χ0v) is 18.7. The summed E-state index contributed by atoms with van der Waals surface area (Å²) in [5.74, 6) is -1.55. The number of hydrogen-bond acceptors (Lipinski definition) is 5. The first-order chi connectivity index (χ1) is 16.5. The van der Waals surface area contributed by atoms with Crippen LogP contribution in [0.2, 0.25) is 0 Å². The zero-order valence-electron chi connectivity index (χ0n) is 18.7. The third-order valence-electron chi connectivity index (χ3n) is 5.68. The number of benzene rings is 2. The summed E-state index contributed by atoms with van der Waals surface area (Å²) in [6, 6.07) is 18.4. The number of nitriles is 1. The number of carbonyl (C=O) groups is 3. The molecule has 1 fully saturated rings. The highest BCUT2D eigenvalue weighted by molar-refractivity contribution is 5.95. The molecule has 2 aromatic carbocycles. The molecule has 0 saturated carbocycles. The molecular formula is C26H28N4O4. The summed E-state index contributed by atoms with van der Waals surface area (Å²) in [6.07, 6.45) is 2.43. The molecule has 8 heteroatoms. The van der Waals surface area contributed by atoms with Crippen LogP contribution < -0.4 is 16.0 Å². The van der Waals surface area contributed by atoms with Crippen molar-refractivity contribution >= 4 is 23.8 Å². The van der Waals surface area contributed by atoms with Gasteiger partial charge in [0, 0.05) is 25.0 Å². The van der Waals surface area contributed by atoms with E-state index in [0.717, 1.165) is 11.1 Å². The number of nitrogens with one attached hydrogen (secondary N) is 3. The van der Waals surface area contributed by atoms with E-state index in [4.69, 9.17) is 0 Å². The van der Waals surface area contributed by atoms with E-state index in [9.17, 15) is 24.8 Å². The molecule has 176 valence electrons. The summed E-state index contributed by atoms with van der Waals surface area (Å²) < 4.78 is 0. The van der Waals surface area contributed by atoms with Crippen LogP contribution in [0.4, 0.5) is 0 Å². The van der Waals surface area contributed by atoms with Crippen molar-refractivity contribution < 1.29 is 19.5 Å². The molecule has 1 aliphatic rings. The van der Waals surface area contributed by atoms with Crippen LogP contribution in [0.15, 0.2) is 66.7 Å². The maximum Gasteiger partial charge on any atom is 0.244 e. The van der Waals surface area contributed by atoms with Gasteiger partial charge >= 0.3 is 0 Å². The van der Waals surface area contributed by atoms with Gasteiger partial charge in [0.25, 0.3) is 0 Å². The average Bonchev–Trinajstić information content (AvgIpc) is 3.26. The van der Waals surface area contributed by atoms with Crippen LogP contribution in [0, 0.1) is 17.2 Å². The molecule has 0 bridgehead atoms. The van der Waals surface area contributed by atoms with Gasteiger partial charge in [-0.25, -0.2) is 0 Å². The van der Waals surface area contributed by atoms with Gasteiger partial charge in [-0.05, 0) is 30.0 Å². The molecule has 1 aliphatic heterocycles. The van der Waals surface area contributed by atoms with Crippen molar-refractivity contribution in [2.75, 3.05) is 6.54 Å². The molecule has 8 nitrogen and oxygen atoms in total. The number of nitrogens with zero attached hydrogens (tertiary/aromatic N) is 1. The predicted octanol–water partition coefficient (Wildman–Crippen LogP) is 1.32. The molecule has 0 aliphatic carbocycles. The van der Waals surface area contributed by atoms with Crippen LogP contribution in [0.5, 0.6) is 0 Å². The predicted molar refractivity (Wildman–Crippen MR) is 127 cm³/mol. The van der Waals surface area contributed by atoms with Crippen LogP contribution in [-0.2, 0) is 20.8 Å². The molecule has 3 amide bonds. The SMILES string of the molecule is N#C[C@@H](O)[C@H](C[C@@H]1CCNC1=O)NC(=O)[C@H](Cc1ccccc1)NC(=O)/C=C/c1ccccc1. The molecule has 34 heavy (non-hydrogen) atoms. The molecule has 1 saturated heterocycles. The van der Waals surface area contributed by atoms with Gasteiger partial charge < -0.3 is 21.1 Å². The van der Waals surface area contributed by atoms with Gasteiger partial charge in [0.05, 0.1) is 12.1 Å². The monoisotopic (exact) mass is 460 g/mol. The lowest BCUT2D eigenvalue weighted by atomic mass is 9.94. The minimum absolute atomic E-state index is 0.131. The largest absolute Gasteiger partial charge is 0.376 e. The highest BCUT2D eigenvalue weighted by atomic mass is 16.3. The molecule has 0 aromatic heterocycles. The van der Waals surface area contributed by atoms with E-state index in [1.807, 2.05) is 60.7 Å². The number of aliphatic hydroxyl groups is 1. The fourth-order valence-electron chi connectivity index (χ4n) is 3.83. The van der Waals surface area contributed by atoms with Gasteiger partial charge in [-0.15, -0.1) is 0 Å². The Morgan fingerprint density at radius 1 is 1.12 bits per heavy atom. The van der Waals surface area contributed by atoms with Gasteiger partial charge in [-0.1, -0.05) is 60.7 Å². The first-order valence-electron chi connectivity index (χ1n) is 11.2. The number of carbonyl (C=O) groups excluding carboxylic acids is 3. The van der Waals surface area contributed by atoms with E-state index in [2.05, 4.69) is 16.0 Å². The number of amides is 3. The van der Waals surface area contributed by atoms with Crippen molar-refractivity contribution in [3.05, 3.63) is 77.9 Å². The van der Waals surface area contributed by atoms with Crippen LogP contribution in [0.1, 0.15) is 24.0 Å². The fraction of sp³-hybridized carbons (Fsp3) is 0.308. The highest BCUT2D eigenvalue weighted by Crippen LogP contribution is 2.18. The van der Waals surface area contributed by atoms with Gasteiger partial charge in [0.2, 0.25) is 17.7 Å². The van der Waals surface area contributed by atoms with E-state index in [1.165, 1.54) is 6.08 Å². The maximum absolute atomic E-state index is 13.2. The zero-order chi connectivity index (χ0) is 24.3. The fourth-order valence-corrected chi connectivity index (χ4v) is 3.83. The smallest absolute Gasteiger partial charge is 0.244 e. The summed E-state index contributed by atoms with van der Waals surface area (Å²) in [4.78, 5) is 37.7. The van der Waals surface area contributed by atoms with Gasteiger partial charge in [-0.3, -0.25) is 14.4 Å². The Labute approximate surface area is 198 Å². The molecule has 3 rings (SSSR count). The lowest BCUT2D eigenvalue weighted by molar-refractivity contribution is -0.128. The second-order valence-electron chi connectivity index (χ2n) is 8.20. The molecule has 0 spiro atoms. The van der Waals surface area contributed by atoms with Crippen LogP contribution in [0.25, 0.3) is 6.08 Å². The van der Waals surface area contributed by atoms with Crippen molar-refractivity contribution in [2.45, 2.75) is 37.5 Å². The standard InChI is InChI=1S/C26H28N4O4/c27-17-23(31)21(16-20-13-14-28-25(20)33)30-26(34)22(15-19-9-5-2-6-10-19)29-24(32)12-11-18-7-3-1-4-8-18/h1-12,20-23,31H,13-16H2,(H,28,33)(H,29,32)(H,30,34)/b12-11+/t20-,21-,22-,23+/m0/s1. The molecule has 2 aromatic rings. The van der Waals surface area contributed by atoms with Crippen LogP contribution in [0.3, 0.4) is 0 Å². The molecule has 1 heterocycles. The first kappa shape index (κ1) is 24.7. The van der Waals surface area contributed by atoms with E-state index in [0.29, 0.717) is 13.0 Å². The van der Waals surface area contributed by atoms with E-state index >= 15 is 0 Å². The Balaban J connectivity index is 1.73. The van der Waals surface area contributed by atoms with E-state index < -0.39 is 35.9 Å². The summed E-state index contributed by atoms with van der Waals surface area (Å²) in [5, 5.41) is 27.5. The Kier molecular flexibility index (Phi) is 8.95. The minimum Gasteiger partial charge on any atom is -0.376 e. The Morgan fingerprint density at radius 3 is 2.41 bits per heavy atom. The summed E-state index contributed by atoms with van der Waals surface area (Å²) >= 11 is 0. The second-order valence-corrected chi connectivity index (χ2v) is 8.20. The topological polar surface area (TPSA) is 131 Å². The number of aliphatic hydroxyl groups excluding tert-OH is 1. The van der Waals surface area contributed by atoms with Gasteiger partial charge in [-0.2, -0.15) is 5.26 Å². The van der Waals surface area contributed by atoms with Crippen molar-refractivity contribution in [3.8, 4) is 6.07 Å². The third-order valence-corrected chi connectivity index (χ3v) is 5.68. The minimum atomic E-state index is -1.48. The molecule has 4 atom stereocenters. The first-order valence-corrected chi connectivity index (χ1v) is 11.2. The summed E-state index contributed by atoms with van der Waals surface area (Å²) in [6.45, 7) is 0.521. The quantitative estimate of drug-likeness (QED) is 0.314. The Morgan fingerprint density at radius 2 is 1.79 bits per heavy atom. The summed E-state index contributed by atoms with van der Waals surface area (Å²) in [7, 11) is 0. The molecule has 0 unspecified atom stereocenters. The van der Waals surface area contributed by atoms with E-state index in [1.54, 1.807) is 12.1 Å². The van der Waals surface area contributed by atoms with Gasteiger partial charge in [0.1, 0.15) is 6.04 Å². The third kappa shape index (κ3) is 7.29. The molecule has 0 radical (unpaired) electrons. The molecular weight excluding hydrogens is 432 g/mol. The van der Waals surface area contributed by atoms with Crippen molar-refractivity contribution in [3.63, 3.8) is 0 Å². The van der Waals surface area contributed by atoms with E-state index in [-0.39, 0.29) is 18.7 Å². The Bertz CT molecular complexity index is 1050. The summed E-state index contributed by atoms with van der Waals surface area (Å²) in [5.41, 5.74) is 1.68. The van der Waals surface area contributed by atoms with Crippen molar-refractivity contribution in [1.82, 2.24) is 16.0 Å². The number of rotatable bonds is 10. The maximum atomic E-state index is 13.2. The molecule has 4 N–H and O–H groups in total. The lowest BCUT2D eigenvalue weighted by Gasteiger charge is -2.25. The Hall–Kier alpha value is -3.96. The van der Waals surface area contributed by atoms with Crippen LogP contribution in [-0.4, -0.2) is 47.6 Å². The van der Waals surface area contributed by atoms with Crippen molar-refractivity contribution in [2.24, 2.45) is 5.92 Å². The van der Waals surface area contributed by atoms with Crippen molar-refractivity contribution in [1.29, 1.82) is 5.26 Å². The van der Waals surface area contributed by atoms with Gasteiger partial charge in [0.15, 0.2) is 6.10 Å². The highest BCUT2D eigenvalue weighted by Gasteiger charge is 2.33. The van der Waals surface area contributed by atoms with Crippen LogP contribution >= 0.6 is 0 Å². The lowest BCUT2D eigenvalue weighted by Crippen LogP contribution is -2.53. The average molecular weight is 461 g/mol.